The van der Waals surface area contributed by atoms with Crippen molar-refractivity contribution in [2.24, 2.45) is 0 Å². The van der Waals surface area contributed by atoms with Gasteiger partial charge in [0.15, 0.2) is 0 Å². The molecule has 0 spiro atoms. The number of sulfonamides is 1. The lowest BCUT2D eigenvalue weighted by molar-refractivity contribution is 0.178. The van der Waals surface area contributed by atoms with Crippen LogP contribution in [-0.4, -0.2) is 33.0 Å². The highest BCUT2D eigenvalue weighted by atomic mass is 32.2. The topological polar surface area (TPSA) is 46.6 Å². The zero-order valence-electron chi connectivity index (χ0n) is 12.4. The molecule has 0 radical (unpaired) electrons. The number of hydrogen-bond donors (Lipinski definition) is 0. The summed E-state index contributed by atoms with van der Waals surface area (Å²) < 4.78 is 31.5. The van der Waals surface area contributed by atoms with E-state index >= 15 is 0 Å². The Morgan fingerprint density at radius 1 is 1.23 bits per heavy atom. The summed E-state index contributed by atoms with van der Waals surface area (Å²) in [6.07, 6.45) is 1.61. The summed E-state index contributed by atoms with van der Waals surface area (Å²) >= 11 is 1.56. The van der Waals surface area contributed by atoms with E-state index in [-0.39, 0.29) is 0 Å². The van der Waals surface area contributed by atoms with Crippen LogP contribution in [0.2, 0.25) is 0 Å². The van der Waals surface area contributed by atoms with Crippen LogP contribution >= 0.6 is 11.3 Å². The number of ether oxygens (including phenoxy) is 1. The number of nitrogens with zero attached hydrogens (tertiary/aromatic N) is 1. The van der Waals surface area contributed by atoms with Gasteiger partial charge in [-0.25, -0.2) is 8.42 Å². The van der Waals surface area contributed by atoms with E-state index in [1.54, 1.807) is 24.5 Å². The SMILES string of the molecule is COCCN(Cc1ccsc1)S(=O)(=O)/C=C/c1ccccc1. The smallest absolute Gasteiger partial charge is 0.236 e. The minimum Gasteiger partial charge on any atom is -0.383 e. The minimum absolute atomic E-state index is 0.327. The van der Waals surface area contributed by atoms with Crippen LogP contribution in [0.15, 0.2) is 52.6 Å². The molecule has 4 nitrogen and oxygen atoms in total. The number of methoxy groups -OCH3 is 1. The second-order valence-electron chi connectivity index (χ2n) is 4.72. The maximum Gasteiger partial charge on any atom is 0.236 e. The van der Waals surface area contributed by atoms with Gasteiger partial charge in [-0.3, -0.25) is 0 Å². The monoisotopic (exact) mass is 337 g/mol. The number of thiophene rings is 1. The van der Waals surface area contributed by atoms with Crippen LogP contribution in [0.5, 0.6) is 0 Å². The Bertz CT molecular complexity index is 679. The van der Waals surface area contributed by atoms with Crippen LogP contribution < -0.4 is 0 Å². The molecule has 0 aliphatic heterocycles. The standard InChI is InChI=1S/C16H19NO3S2/c1-20-10-9-17(13-16-7-11-21-14-16)22(18,19)12-8-15-5-3-2-4-6-15/h2-8,11-12,14H,9-10,13H2,1H3/b12-8+. The minimum atomic E-state index is -3.49. The third-order valence-corrected chi connectivity index (χ3v) is 5.32. The van der Waals surface area contributed by atoms with E-state index in [0.29, 0.717) is 19.7 Å². The molecule has 6 heteroatoms. The summed E-state index contributed by atoms with van der Waals surface area (Å²) in [6, 6.07) is 11.3. The fourth-order valence-electron chi connectivity index (χ4n) is 1.89. The maximum atomic E-state index is 12.5. The van der Waals surface area contributed by atoms with E-state index in [1.165, 1.54) is 9.71 Å². The molecule has 0 aliphatic rings. The van der Waals surface area contributed by atoms with Gasteiger partial charge in [-0.2, -0.15) is 15.6 Å². The Hall–Kier alpha value is -1.47. The lowest BCUT2D eigenvalue weighted by Gasteiger charge is -2.19. The number of rotatable bonds is 8. The van der Waals surface area contributed by atoms with Gasteiger partial charge in [0.1, 0.15) is 0 Å². The molecule has 0 atom stereocenters. The van der Waals surface area contributed by atoms with Crippen LogP contribution in [-0.2, 0) is 21.3 Å². The van der Waals surface area contributed by atoms with Gasteiger partial charge in [-0.1, -0.05) is 30.3 Å². The van der Waals surface area contributed by atoms with Crippen LogP contribution in [0.3, 0.4) is 0 Å². The molecular formula is C16H19NO3S2. The number of benzene rings is 1. The molecule has 2 rings (SSSR count). The molecular weight excluding hydrogens is 318 g/mol. The first-order valence-corrected chi connectivity index (χ1v) is 9.30. The molecule has 0 fully saturated rings. The average molecular weight is 337 g/mol. The molecule has 0 bridgehead atoms. The fraction of sp³-hybridized carbons (Fsp3) is 0.250. The van der Waals surface area contributed by atoms with Crippen molar-refractivity contribution >= 4 is 27.4 Å². The van der Waals surface area contributed by atoms with Gasteiger partial charge < -0.3 is 4.74 Å². The summed E-state index contributed by atoms with van der Waals surface area (Å²) in [5.41, 5.74) is 1.84. The normalized spacial score (nSPS) is 12.3. The zero-order valence-corrected chi connectivity index (χ0v) is 14.0. The summed E-state index contributed by atoms with van der Waals surface area (Å²) in [5.74, 6) is 0. The molecule has 1 heterocycles. The molecule has 0 unspecified atom stereocenters. The molecule has 0 N–H and O–H groups in total. The second-order valence-corrected chi connectivity index (χ2v) is 7.31. The van der Waals surface area contributed by atoms with Gasteiger partial charge in [-0.05, 0) is 34.0 Å². The van der Waals surface area contributed by atoms with Crippen molar-refractivity contribution in [2.45, 2.75) is 6.54 Å². The third-order valence-electron chi connectivity index (χ3n) is 3.08. The van der Waals surface area contributed by atoms with Gasteiger partial charge in [-0.15, -0.1) is 0 Å². The zero-order chi connectivity index (χ0) is 15.8. The van der Waals surface area contributed by atoms with Crippen LogP contribution in [0, 0.1) is 0 Å². The molecule has 22 heavy (non-hydrogen) atoms. The van der Waals surface area contributed by atoms with E-state index in [2.05, 4.69) is 0 Å². The molecule has 0 saturated heterocycles. The lowest BCUT2D eigenvalue weighted by atomic mass is 10.2. The van der Waals surface area contributed by atoms with Gasteiger partial charge in [0.2, 0.25) is 10.0 Å². The highest BCUT2D eigenvalue weighted by Gasteiger charge is 2.19. The van der Waals surface area contributed by atoms with Gasteiger partial charge in [0.05, 0.1) is 6.61 Å². The first-order chi connectivity index (χ1) is 10.6. The van der Waals surface area contributed by atoms with Crippen LogP contribution in [0.25, 0.3) is 6.08 Å². The maximum absolute atomic E-state index is 12.5. The van der Waals surface area contributed by atoms with E-state index < -0.39 is 10.0 Å². The first-order valence-electron chi connectivity index (χ1n) is 6.85. The Balaban J connectivity index is 2.15. The average Bonchev–Trinajstić information content (AvgIpc) is 3.03. The van der Waals surface area contributed by atoms with Crippen molar-refractivity contribution in [1.82, 2.24) is 4.31 Å². The van der Waals surface area contributed by atoms with E-state index in [0.717, 1.165) is 11.1 Å². The lowest BCUT2D eigenvalue weighted by Crippen LogP contribution is -2.31. The largest absolute Gasteiger partial charge is 0.383 e. The molecule has 0 saturated carbocycles. The molecule has 1 aromatic heterocycles. The first kappa shape index (κ1) is 16.9. The fourth-order valence-corrected chi connectivity index (χ4v) is 3.71. The van der Waals surface area contributed by atoms with Crippen molar-refractivity contribution in [3.05, 3.63) is 63.7 Å². The summed E-state index contributed by atoms with van der Waals surface area (Å²) in [5, 5.41) is 5.15. The number of hydrogen-bond acceptors (Lipinski definition) is 4. The van der Waals surface area contributed by atoms with Crippen LogP contribution in [0.1, 0.15) is 11.1 Å². The predicted octanol–water partition coefficient (Wildman–Crippen LogP) is 3.20. The quantitative estimate of drug-likeness (QED) is 0.743. The van der Waals surface area contributed by atoms with E-state index in [1.807, 2.05) is 47.2 Å². The van der Waals surface area contributed by atoms with Crippen molar-refractivity contribution in [2.75, 3.05) is 20.3 Å². The van der Waals surface area contributed by atoms with Crippen molar-refractivity contribution < 1.29 is 13.2 Å². The van der Waals surface area contributed by atoms with E-state index in [9.17, 15) is 8.42 Å². The molecule has 118 valence electrons. The van der Waals surface area contributed by atoms with Crippen LogP contribution in [0.4, 0.5) is 0 Å². The molecule has 1 aromatic carbocycles. The second kappa shape index (κ2) is 8.24. The van der Waals surface area contributed by atoms with Gasteiger partial charge in [0, 0.05) is 25.6 Å². The van der Waals surface area contributed by atoms with Crippen molar-refractivity contribution in [1.29, 1.82) is 0 Å². The van der Waals surface area contributed by atoms with Gasteiger partial charge in [0.25, 0.3) is 0 Å². The van der Waals surface area contributed by atoms with Gasteiger partial charge >= 0.3 is 0 Å². The highest BCUT2D eigenvalue weighted by molar-refractivity contribution is 7.92. The molecule has 0 aliphatic carbocycles. The molecule has 2 aromatic rings. The van der Waals surface area contributed by atoms with Crippen molar-refractivity contribution in [3.8, 4) is 0 Å². The predicted molar refractivity (Wildman–Crippen MR) is 91.0 cm³/mol. The Morgan fingerprint density at radius 2 is 2.00 bits per heavy atom. The third kappa shape index (κ3) is 5.06. The highest BCUT2D eigenvalue weighted by Crippen LogP contribution is 2.14. The molecule has 0 amide bonds. The Morgan fingerprint density at radius 3 is 2.64 bits per heavy atom. The summed E-state index contributed by atoms with van der Waals surface area (Å²) in [6.45, 7) is 1.05. The summed E-state index contributed by atoms with van der Waals surface area (Å²) in [4.78, 5) is 0. The Labute approximate surface area is 135 Å². The van der Waals surface area contributed by atoms with E-state index in [4.69, 9.17) is 4.74 Å². The Kier molecular flexibility index (Phi) is 6.33. The summed E-state index contributed by atoms with van der Waals surface area (Å²) in [7, 11) is -1.93. The van der Waals surface area contributed by atoms with Crippen molar-refractivity contribution in [3.63, 3.8) is 0 Å².